The van der Waals surface area contributed by atoms with E-state index in [1.807, 2.05) is 6.92 Å². The smallest absolute Gasteiger partial charge is 0.308 e. The summed E-state index contributed by atoms with van der Waals surface area (Å²) >= 11 is 0. The minimum Gasteiger partial charge on any atom is -0.481 e. The van der Waals surface area contributed by atoms with Gasteiger partial charge in [0.05, 0.1) is 10.8 Å². The molecule has 5 nitrogen and oxygen atoms in total. The van der Waals surface area contributed by atoms with E-state index in [2.05, 4.69) is 5.32 Å². The van der Waals surface area contributed by atoms with Crippen molar-refractivity contribution in [3.05, 3.63) is 24.3 Å². The molecule has 2 N–H and O–H groups in total. The highest BCUT2D eigenvalue weighted by Crippen LogP contribution is 2.14. The van der Waals surface area contributed by atoms with Gasteiger partial charge in [0.25, 0.3) is 0 Å². The molecule has 0 aliphatic carbocycles. The Morgan fingerprint density at radius 3 is 2.28 bits per heavy atom. The van der Waals surface area contributed by atoms with Crippen LogP contribution >= 0.6 is 0 Å². The van der Waals surface area contributed by atoms with Gasteiger partial charge in [0.2, 0.25) is 0 Å². The molecule has 0 amide bonds. The molecule has 0 heterocycles. The van der Waals surface area contributed by atoms with Crippen LogP contribution in [-0.4, -0.2) is 32.3 Å². The fourth-order valence-corrected chi connectivity index (χ4v) is 2.10. The number of hydrogen-bond donors (Lipinski definition) is 2. The number of aliphatic carboxylic acids is 1. The Bertz CT molecular complexity index is 507. The van der Waals surface area contributed by atoms with Crippen LogP contribution in [0.5, 0.6) is 0 Å². The van der Waals surface area contributed by atoms with Crippen molar-refractivity contribution in [3.8, 4) is 0 Å². The highest BCUT2D eigenvalue weighted by Gasteiger charge is 2.14. The Morgan fingerprint density at radius 1 is 1.33 bits per heavy atom. The maximum Gasteiger partial charge on any atom is 0.308 e. The Balaban J connectivity index is 2.67. The molecule has 0 aliphatic heterocycles. The SMILES string of the molecule is CCC(CNc1ccc(S(C)(=O)=O)cc1)C(=O)O. The van der Waals surface area contributed by atoms with E-state index in [1.54, 1.807) is 12.1 Å². The molecule has 0 saturated heterocycles. The van der Waals surface area contributed by atoms with Gasteiger partial charge in [-0.1, -0.05) is 6.92 Å². The summed E-state index contributed by atoms with van der Waals surface area (Å²) in [6, 6.07) is 6.26. The van der Waals surface area contributed by atoms with Crippen LogP contribution in [0, 0.1) is 5.92 Å². The fourth-order valence-electron chi connectivity index (χ4n) is 1.47. The molecule has 1 aromatic rings. The summed E-state index contributed by atoms with van der Waals surface area (Å²) in [4.78, 5) is 11.1. The van der Waals surface area contributed by atoms with Crippen LogP contribution in [0.1, 0.15) is 13.3 Å². The third-order valence-corrected chi connectivity index (χ3v) is 3.81. The zero-order valence-corrected chi connectivity index (χ0v) is 11.2. The van der Waals surface area contributed by atoms with Gasteiger partial charge in [-0.2, -0.15) is 0 Å². The summed E-state index contributed by atoms with van der Waals surface area (Å²) in [5.74, 6) is -1.28. The van der Waals surface area contributed by atoms with E-state index in [4.69, 9.17) is 5.11 Å². The Kier molecular flexibility index (Phi) is 4.72. The molecule has 6 heteroatoms. The average molecular weight is 271 g/mol. The lowest BCUT2D eigenvalue weighted by Gasteiger charge is -2.12. The topological polar surface area (TPSA) is 83.5 Å². The quantitative estimate of drug-likeness (QED) is 0.821. The molecule has 1 unspecified atom stereocenters. The van der Waals surface area contributed by atoms with Crippen LogP contribution in [0.3, 0.4) is 0 Å². The number of carbonyl (C=O) groups is 1. The van der Waals surface area contributed by atoms with Gasteiger partial charge in [-0.05, 0) is 30.7 Å². The van der Waals surface area contributed by atoms with Crippen LogP contribution in [0.15, 0.2) is 29.2 Å². The lowest BCUT2D eigenvalue weighted by Crippen LogP contribution is -2.22. The van der Waals surface area contributed by atoms with Crippen LogP contribution in [-0.2, 0) is 14.6 Å². The van der Waals surface area contributed by atoms with Gasteiger partial charge in [0, 0.05) is 18.5 Å². The first kappa shape index (κ1) is 14.5. The highest BCUT2D eigenvalue weighted by atomic mass is 32.2. The molecular formula is C12H17NO4S. The standard InChI is InChI=1S/C12H17NO4S/c1-3-9(12(14)15)8-13-10-4-6-11(7-5-10)18(2,16)17/h4-7,9,13H,3,8H2,1-2H3,(H,14,15). The summed E-state index contributed by atoms with van der Waals surface area (Å²) in [6.45, 7) is 2.14. The van der Waals surface area contributed by atoms with Gasteiger partial charge >= 0.3 is 5.97 Å². The predicted molar refractivity (Wildman–Crippen MR) is 69.5 cm³/mol. The number of benzene rings is 1. The summed E-state index contributed by atoms with van der Waals surface area (Å²) < 4.78 is 22.5. The molecule has 18 heavy (non-hydrogen) atoms. The fraction of sp³-hybridized carbons (Fsp3) is 0.417. The molecule has 0 bridgehead atoms. The van der Waals surface area contributed by atoms with Crippen molar-refractivity contribution < 1.29 is 18.3 Å². The zero-order chi connectivity index (χ0) is 13.8. The average Bonchev–Trinajstić information content (AvgIpc) is 2.29. The largest absolute Gasteiger partial charge is 0.481 e. The molecule has 1 atom stereocenters. The van der Waals surface area contributed by atoms with Crippen molar-refractivity contribution in [2.24, 2.45) is 5.92 Å². The van der Waals surface area contributed by atoms with Gasteiger partial charge in [-0.3, -0.25) is 4.79 Å². The Hall–Kier alpha value is -1.56. The number of hydrogen-bond acceptors (Lipinski definition) is 4. The molecule has 0 aliphatic rings. The summed E-state index contributed by atoms with van der Waals surface area (Å²) in [6.07, 6.45) is 1.69. The van der Waals surface area contributed by atoms with Crippen LogP contribution in [0.25, 0.3) is 0 Å². The molecule has 0 radical (unpaired) electrons. The maximum absolute atomic E-state index is 11.2. The van der Waals surface area contributed by atoms with Gasteiger partial charge < -0.3 is 10.4 Å². The normalized spacial score (nSPS) is 13.0. The number of anilines is 1. The lowest BCUT2D eigenvalue weighted by molar-refractivity contribution is -0.141. The van der Waals surface area contributed by atoms with E-state index >= 15 is 0 Å². The van der Waals surface area contributed by atoms with E-state index in [9.17, 15) is 13.2 Å². The molecule has 100 valence electrons. The van der Waals surface area contributed by atoms with E-state index in [-0.39, 0.29) is 4.90 Å². The first-order valence-electron chi connectivity index (χ1n) is 5.61. The number of rotatable bonds is 6. The van der Waals surface area contributed by atoms with Crippen molar-refractivity contribution >= 4 is 21.5 Å². The van der Waals surface area contributed by atoms with Crippen LogP contribution < -0.4 is 5.32 Å². The highest BCUT2D eigenvalue weighted by molar-refractivity contribution is 7.90. The molecule has 0 aromatic heterocycles. The molecule has 1 rings (SSSR count). The Morgan fingerprint density at radius 2 is 1.89 bits per heavy atom. The predicted octanol–water partition coefficient (Wildman–Crippen LogP) is 1.61. The molecule has 1 aromatic carbocycles. The molecule has 0 spiro atoms. The lowest BCUT2D eigenvalue weighted by atomic mass is 10.1. The van der Waals surface area contributed by atoms with Crippen molar-refractivity contribution in [1.82, 2.24) is 0 Å². The number of carboxylic acid groups (broad SMARTS) is 1. The summed E-state index contributed by atoms with van der Waals surface area (Å²) in [5, 5.41) is 11.9. The van der Waals surface area contributed by atoms with Gasteiger partial charge in [0.1, 0.15) is 0 Å². The van der Waals surface area contributed by atoms with E-state index in [0.717, 1.165) is 6.26 Å². The van der Waals surface area contributed by atoms with Gasteiger partial charge in [-0.15, -0.1) is 0 Å². The summed E-state index contributed by atoms with van der Waals surface area (Å²) in [7, 11) is -3.19. The molecular weight excluding hydrogens is 254 g/mol. The van der Waals surface area contributed by atoms with Crippen molar-refractivity contribution in [2.75, 3.05) is 18.1 Å². The summed E-state index contributed by atoms with van der Waals surface area (Å²) in [5.41, 5.74) is 0.710. The van der Waals surface area contributed by atoms with Crippen LogP contribution in [0.2, 0.25) is 0 Å². The second-order valence-electron chi connectivity index (χ2n) is 4.12. The van der Waals surface area contributed by atoms with Crippen molar-refractivity contribution in [1.29, 1.82) is 0 Å². The third kappa shape index (κ3) is 4.03. The monoisotopic (exact) mass is 271 g/mol. The first-order chi connectivity index (χ1) is 8.34. The van der Waals surface area contributed by atoms with E-state index in [0.29, 0.717) is 18.7 Å². The number of nitrogens with one attached hydrogen (secondary N) is 1. The first-order valence-corrected chi connectivity index (χ1v) is 7.50. The Labute approximate surface area is 107 Å². The van der Waals surface area contributed by atoms with Crippen molar-refractivity contribution in [3.63, 3.8) is 0 Å². The molecule has 0 saturated carbocycles. The van der Waals surface area contributed by atoms with Crippen LogP contribution in [0.4, 0.5) is 5.69 Å². The number of sulfone groups is 1. The second kappa shape index (κ2) is 5.86. The van der Waals surface area contributed by atoms with E-state index in [1.165, 1.54) is 12.1 Å². The second-order valence-corrected chi connectivity index (χ2v) is 6.14. The number of carboxylic acids is 1. The zero-order valence-electron chi connectivity index (χ0n) is 10.4. The molecule has 0 fully saturated rings. The van der Waals surface area contributed by atoms with E-state index < -0.39 is 21.7 Å². The van der Waals surface area contributed by atoms with Gasteiger partial charge in [0.15, 0.2) is 9.84 Å². The maximum atomic E-state index is 11.2. The van der Waals surface area contributed by atoms with Gasteiger partial charge in [-0.25, -0.2) is 8.42 Å². The minimum atomic E-state index is -3.19. The minimum absolute atomic E-state index is 0.248. The third-order valence-electron chi connectivity index (χ3n) is 2.68. The van der Waals surface area contributed by atoms with Crippen molar-refractivity contribution in [2.45, 2.75) is 18.2 Å².